The zero-order valence-corrected chi connectivity index (χ0v) is 39.5. The first-order chi connectivity index (χ1) is 30.9. The molecular formula is C54H67N5O4S. The molecule has 0 spiro atoms. The minimum atomic E-state index is -0.720. The summed E-state index contributed by atoms with van der Waals surface area (Å²) in [5.74, 6) is 0.386. The third kappa shape index (κ3) is 13.2. The second-order valence-corrected chi connectivity index (χ2v) is 18.9. The molecule has 4 aromatic carbocycles. The van der Waals surface area contributed by atoms with Crippen LogP contribution in [0.15, 0.2) is 115 Å². The largest absolute Gasteiger partial charge is 0.492 e. The zero-order chi connectivity index (χ0) is 45.5. The number of aryl methyl sites for hydroxylation is 1. The molecule has 338 valence electrons. The number of carbonyl (C=O) groups excluding carboxylic acids is 3. The quantitative estimate of drug-likeness (QED) is 0.0562. The van der Waals surface area contributed by atoms with Gasteiger partial charge in [-0.2, -0.15) is 0 Å². The zero-order valence-electron chi connectivity index (χ0n) is 38.7. The molecule has 9 nitrogen and oxygen atoms in total. The van der Waals surface area contributed by atoms with Gasteiger partial charge in [0.1, 0.15) is 24.4 Å². The Balaban J connectivity index is 0.891. The highest BCUT2D eigenvalue weighted by Crippen LogP contribution is 2.35. The average Bonchev–Trinajstić information content (AvgIpc) is 3.98. The number of hydrogen-bond acceptors (Lipinski definition) is 7. The minimum Gasteiger partial charge on any atom is -0.492 e. The molecule has 2 heterocycles. The molecule has 6 rings (SSSR count). The number of likely N-dealkylation sites (N-methyl/N-ethyl adjacent to an activating group) is 1. The van der Waals surface area contributed by atoms with Gasteiger partial charge in [-0.05, 0) is 109 Å². The van der Waals surface area contributed by atoms with Crippen molar-refractivity contribution in [2.24, 2.45) is 5.41 Å². The van der Waals surface area contributed by atoms with Crippen LogP contribution in [0.3, 0.4) is 0 Å². The second-order valence-electron chi connectivity index (χ2n) is 18.0. The van der Waals surface area contributed by atoms with E-state index in [0.29, 0.717) is 32.5 Å². The SMILES string of the molecule is CC/C(=C(\c1ccccc1)c1ccc(OCCN(C)CCCCCCC(=O)N[C@H](C(=O)N2CCC[C@H]2C(=O)NCc2ccc(-c3scnc3C)cc2)C(C)(C)C)cc1)c1ccccc1. The van der Waals surface area contributed by atoms with Crippen molar-refractivity contribution >= 4 is 40.2 Å². The van der Waals surface area contributed by atoms with Gasteiger partial charge >= 0.3 is 0 Å². The highest BCUT2D eigenvalue weighted by Gasteiger charge is 2.41. The average molecular weight is 882 g/mol. The number of hydrogen-bond donors (Lipinski definition) is 2. The van der Waals surface area contributed by atoms with Gasteiger partial charge in [-0.3, -0.25) is 14.4 Å². The molecule has 0 bridgehead atoms. The number of amides is 3. The van der Waals surface area contributed by atoms with Crippen molar-refractivity contribution in [1.29, 1.82) is 0 Å². The van der Waals surface area contributed by atoms with E-state index in [4.69, 9.17) is 4.74 Å². The van der Waals surface area contributed by atoms with E-state index in [1.165, 1.54) is 27.8 Å². The molecule has 2 N–H and O–H groups in total. The highest BCUT2D eigenvalue weighted by molar-refractivity contribution is 7.13. The Bertz CT molecular complexity index is 2280. The molecule has 0 saturated carbocycles. The van der Waals surface area contributed by atoms with Gasteiger partial charge in [0.05, 0.1) is 16.1 Å². The van der Waals surface area contributed by atoms with E-state index in [-0.39, 0.29) is 17.7 Å². The van der Waals surface area contributed by atoms with E-state index in [2.05, 4.69) is 132 Å². The Morgan fingerprint density at radius 2 is 1.50 bits per heavy atom. The molecule has 1 fully saturated rings. The summed E-state index contributed by atoms with van der Waals surface area (Å²) < 4.78 is 6.18. The van der Waals surface area contributed by atoms with Crippen molar-refractivity contribution in [1.82, 2.24) is 25.4 Å². The van der Waals surface area contributed by atoms with E-state index in [0.717, 1.165) is 79.1 Å². The smallest absolute Gasteiger partial charge is 0.246 e. The Morgan fingerprint density at radius 1 is 0.844 bits per heavy atom. The van der Waals surface area contributed by atoms with Gasteiger partial charge in [-0.15, -0.1) is 11.3 Å². The second kappa shape index (κ2) is 23.4. The number of likely N-dealkylation sites (tertiary alicyclic amines) is 1. The van der Waals surface area contributed by atoms with Crippen molar-refractivity contribution in [3.05, 3.63) is 143 Å². The maximum Gasteiger partial charge on any atom is 0.246 e. The molecule has 64 heavy (non-hydrogen) atoms. The predicted molar refractivity (Wildman–Crippen MR) is 262 cm³/mol. The number of carbonyl (C=O) groups is 3. The summed E-state index contributed by atoms with van der Waals surface area (Å²) in [6.45, 7) is 13.3. The third-order valence-electron chi connectivity index (χ3n) is 12.1. The highest BCUT2D eigenvalue weighted by atomic mass is 32.1. The van der Waals surface area contributed by atoms with Crippen LogP contribution in [-0.4, -0.2) is 77.9 Å². The molecule has 1 aliphatic rings. The summed E-state index contributed by atoms with van der Waals surface area (Å²) in [6, 6.07) is 36.6. The van der Waals surface area contributed by atoms with Gasteiger partial charge < -0.3 is 25.2 Å². The number of aromatic nitrogens is 1. The first-order valence-corrected chi connectivity index (χ1v) is 23.9. The van der Waals surface area contributed by atoms with E-state index in [9.17, 15) is 14.4 Å². The van der Waals surface area contributed by atoms with Crippen molar-refractivity contribution in [2.45, 2.75) is 105 Å². The fourth-order valence-corrected chi connectivity index (χ4v) is 9.28. The molecule has 2 atom stereocenters. The number of thiazole rings is 1. The van der Waals surface area contributed by atoms with Crippen LogP contribution in [0.5, 0.6) is 5.75 Å². The van der Waals surface area contributed by atoms with Crippen molar-refractivity contribution in [3.63, 3.8) is 0 Å². The lowest BCUT2D eigenvalue weighted by Gasteiger charge is -2.35. The lowest BCUT2D eigenvalue weighted by Crippen LogP contribution is -2.57. The van der Waals surface area contributed by atoms with Crippen LogP contribution < -0.4 is 15.4 Å². The monoisotopic (exact) mass is 881 g/mol. The van der Waals surface area contributed by atoms with Gasteiger partial charge in [-0.1, -0.05) is 138 Å². The maximum absolute atomic E-state index is 14.0. The fraction of sp³-hybridized carbons (Fsp3) is 0.407. The third-order valence-corrected chi connectivity index (χ3v) is 13.1. The fourth-order valence-electron chi connectivity index (χ4n) is 8.46. The van der Waals surface area contributed by atoms with E-state index < -0.39 is 17.5 Å². The molecule has 0 aliphatic carbocycles. The van der Waals surface area contributed by atoms with Crippen molar-refractivity contribution in [2.75, 3.05) is 33.3 Å². The number of unbranched alkanes of at least 4 members (excludes halogenated alkanes) is 3. The van der Waals surface area contributed by atoms with Gasteiger partial charge in [0, 0.05) is 26.1 Å². The number of benzene rings is 4. The Kier molecular flexibility index (Phi) is 17.5. The van der Waals surface area contributed by atoms with Gasteiger partial charge in [0.15, 0.2) is 0 Å². The summed E-state index contributed by atoms with van der Waals surface area (Å²) >= 11 is 1.61. The molecular weight excluding hydrogens is 815 g/mol. The van der Waals surface area contributed by atoms with Crippen LogP contribution >= 0.6 is 11.3 Å². The topological polar surface area (TPSA) is 104 Å². The van der Waals surface area contributed by atoms with Gasteiger partial charge in [0.25, 0.3) is 0 Å². The molecule has 1 aromatic heterocycles. The van der Waals surface area contributed by atoms with E-state index >= 15 is 0 Å². The summed E-state index contributed by atoms with van der Waals surface area (Å²) in [6.07, 6.45) is 6.37. The first-order valence-electron chi connectivity index (χ1n) is 23.1. The molecule has 10 heteroatoms. The maximum atomic E-state index is 14.0. The molecule has 0 radical (unpaired) electrons. The standard InChI is InChI=1S/C54H67N5O4S/c1-7-46(41-19-12-10-13-20-41)49(42-21-14-11-15-22-42)43-29-31-45(32-30-43)63-36-35-58(6)33-17-9-8-16-24-48(60)57-51(54(3,4)5)53(62)59-34-18-23-47(59)52(61)55-37-40-25-27-44(28-26-40)50-39(2)56-38-64-50/h10-15,19-22,25-32,38,47,51H,7-9,16-18,23-24,33-37H2,1-6H3,(H,55,61)(H,57,60)/b49-46-/t47-,51+/m0/s1. The molecule has 5 aromatic rings. The van der Waals surface area contributed by atoms with E-state index in [1.807, 2.05) is 45.3 Å². The summed E-state index contributed by atoms with van der Waals surface area (Å²) in [7, 11) is 2.12. The van der Waals surface area contributed by atoms with E-state index in [1.54, 1.807) is 16.2 Å². The lowest BCUT2D eigenvalue weighted by atomic mass is 9.85. The number of nitrogens with zero attached hydrogens (tertiary/aromatic N) is 3. The number of rotatable bonds is 21. The van der Waals surface area contributed by atoms with Crippen LogP contribution in [0.25, 0.3) is 21.6 Å². The van der Waals surface area contributed by atoms with Gasteiger partial charge in [0.2, 0.25) is 17.7 Å². The van der Waals surface area contributed by atoms with Crippen LogP contribution in [0.4, 0.5) is 0 Å². The molecule has 0 unspecified atom stereocenters. The van der Waals surface area contributed by atoms with Crippen LogP contribution in [0.1, 0.15) is 107 Å². The predicted octanol–water partition coefficient (Wildman–Crippen LogP) is 10.6. The normalized spacial score (nSPS) is 14.9. The van der Waals surface area contributed by atoms with Crippen LogP contribution in [0, 0.1) is 12.3 Å². The van der Waals surface area contributed by atoms with Crippen LogP contribution in [-0.2, 0) is 20.9 Å². The van der Waals surface area contributed by atoms with Crippen molar-refractivity contribution < 1.29 is 19.1 Å². The summed E-state index contributed by atoms with van der Waals surface area (Å²) in [4.78, 5) is 50.1. The van der Waals surface area contributed by atoms with Crippen molar-refractivity contribution in [3.8, 4) is 16.2 Å². The summed E-state index contributed by atoms with van der Waals surface area (Å²) in [5.41, 5.74) is 10.6. The molecule has 1 aliphatic heterocycles. The van der Waals surface area contributed by atoms with Crippen LogP contribution in [0.2, 0.25) is 0 Å². The van der Waals surface area contributed by atoms with Gasteiger partial charge in [-0.25, -0.2) is 4.98 Å². The number of ether oxygens (including phenoxy) is 1. The Morgan fingerprint density at radius 3 is 2.14 bits per heavy atom. The Labute approximate surface area is 385 Å². The molecule has 3 amide bonds. The Hall–Kier alpha value is -5.58. The number of allylic oxidation sites excluding steroid dienone is 1. The minimum absolute atomic E-state index is 0.123. The molecule has 1 saturated heterocycles. The summed E-state index contributed by atoms with van der Waals surface area (Å²) in [5, 5.41) is 6.11. The first kappa shape index (κ1) is 47.9. The number of nitrogens with one attached hydrogen (secondary N) is 2. The lowest BCUT2D eigenvalue weighted by molar-refractivity contribution is -0.143.